The van der Waals surface area contributed by atoms with E-state index in [-0.39, 0.29) is 5.78 Å². The number of ketones is 1. The largest absolute Gasteiger partial charge is 0.300 e. The minimum atomic E-state index is 0.112. The van der Waals surface area contributed by atoms with Crippen LogP contribution < -0.4 is 0 Å². The fourth-order valence-corrected chi connectivity index (χ4v) is 1.14. The van der Waals surface area contributed by atoms with Gasteiger partial charge in [-0.2, -0.15) is 10.1 Å². The third kappa shape index (κ3) is 1.53. The zero-order chi connectivity index (χ0) is 9.26. The molecule has 2 aromatic heterocycles. The van der Waals surface area contributed by atoms with Gasteiger partial charge in [0.05, 0.1) is 0 Å². The monoisotopic (exact) mass is 176 g/mol. The van der Waals surface area contributed by atoms with Gasteiger partial charge in [-0.3, -0.25) is 4.79 Å². The van der Waals surface area contributed by atoms with Gasteiger partial charge >= 0.3 is 0 Å². The van der Waals surface area contributed by atoms with Gasteiger partial charge in [0.2, 0.25) is 0 Å². The fourth-order valence-electron chi connectivity index (χ4n) is 1.14. The number of rotatable bonds is 2. The van der Waals surface area contributed by atoms with Crippen LogP contribution in [-0.4, -0.2) is 25.4 Å². The predicted octanol–water partition coefficient (Wildman–Crippen LogP) is 0.256. The highest BCUT2D eigenvalue weighted by atomic mass is 16.1. The molecule has 0 atom stereocenters. The van der Waals surface area contributed by atoms with Crippen molar-refractivity contribution in [3.63, 3.8) is 0 Å². The topological polar surface area (TPSA) is 60.2 Å². The summed E-state index contributed by atoms with van der Waals surface area (Å²) in [4.78, 5) is 18.7. The summed E-state index contributed by atoms with van der Waals surface area (Å²) < 4.78 is 1.55. The fraction of sp³-hybridized carbons (Fsp3) is 0.250. The van der Waals surface area contributed by atoms with Crippen molar-refractivity contribution in [2.24, 2.45) is 0 Å². The molecule has 13 heavy (non-hydrogen) atoms. The van der Waals surface area contributed by atoms with Crippen LogP contribution in [0.25, 0.3) is 5.78 Å². The lowest BCUT2D eigenvalue weighted by Crippen LogP contribution is -2.00. The number of fused-ring (bicyclic) bond motifs is 1. The molecular weight excluding hydrogens is 168 g/mol. The summed E-state index contributed by atoms with van der Waals surface area (Å²) in [5.74, 6) is 0.661. The van der Waals surface area contributed by atoms with E-state index in [0.717, 1.165) is 5.56 Å². The van der Waals surface area contributed by atoms with Crippen LogP contribution in [0.5, 0.6) is 0 Å². The summed E-state index contributed by atoms with van der Waals surface area (Å²) >= 11 is 0. The third-order valence-corrected chi connectivity index (χ3v) is 1.64. The van der Waals surface area contributed by atoms with Gasteiger partial charge in [-0.1, -0.05) is 0 Å². The number of aromatic nitrogens is 4. The van der Waals surface area contributed by atoms with Crippen molar-refractivity contribution in [3.05, 3.63) is 24.3 Å². The van der Waals surface area contributed by atoms with Gasteiger partial charge in [0, 0.05) is 18.8 Å². The zero-order valence-electron chi connectivity index (χ0n) is 7.14. The highest BCUT2D eigenvalue weighted by molar-refractivity contribution is 5.77. The Kier molecular flexibility index (Phi) is 1.77. The van der Waals surface area contributed by atoms with E-state index in [9.17, 15) is 4.79 Å². The lowest BCUT2D eigenvalue weighted by molar-refractivity contribution is -0.116. The molecule has 0 spiro atoms. The molecule has 0 aliphatic heterocycles. The summed E-state index contributed by atoms with van der Waals surface area (Å²) in [7, 11) is 0. The van der Waals surface area contributed by atoms with Crippen molar-refractivity contribution in [2.75, 3.05) is 0 Å². The molecule has 0 bridgehead atoms. The second-order valence-electron chi connectivity index (χ2n) is 2.85. The second kappa shape index (κ2) is 2.93. The van der Waals surface area contributed by atoms with Crippen LogP contribution >= 0.6 is 0 Å². The zero-order valence-corrected chi connectivity index (χ0v) is 7.14. The molecule has 5 heteroatoms. The van der Waals surface area contributed by atoms with E-state index in [1.165, 1.54) is 6.33 Å². The van der Waals surface area contributed by atoms with Gasteiger partial charge in [-0.05, 0) is 12.5 Å². The minimum absolute atomic E-state index is 0.112. The first-order valence-electron chi connectivity index (χ1n) is 3.89. The molecule has 66 valence electrons. The van der Waals surface area contributed by atoms with E-state index in [4.69, 9.17) is 0 Å². The van der Waals surface area contributed by atoms with Gasteiger partial charge in [0.25, 0.3) is 5.78 Å². The molecule has 0 aliphatic rings. The van der Waals surface area contributed by atoms with Gasteiger partial charge in [0.15, 0.2) is 0 Å². The Morgan fingerprint density at radius 3 is 3.15 bits per heavy atom. The maximum Gasteiger partial charge on any atom is 0.252 e. The summed E-state index contributed by atoms with van der Waals surface area (Å²) in [5.41, 5.74) is 0.852. The first-order chi connectivity index (χ1) is 6.25. The first-order valence-corrected chi connectivity index (χ1v) is 3.89. The number of hydrogen-bond donors (Lipinski definition) is 0. The summed E-state index contributed by atoms with van der Waals surface area (Å²) in [6.07, 6.45) is 5.23. The molecule has 0 unspecified atom stereocenters. The number of carbonyl (C=O) groups excluding carboxylic acids is 1. The Morgan fingerprint density at radius 1 is 1.54 bits per heavy atom. The van der Waals surface area contributed by atoms with Crippen LogP contribution in [0, 0.1) is 0 Å². The van der Waals surface area contributed by atoms with Crippen molar-refractivity contribution in [1.29, 1.82) is 0 Å². The smallest absolute Gasteiger partial charge is 0.252 e. The van der Waals surface area contributed by atoms with Gasteiger partial charge in [0.1, 0.15) is 12.1 Å². The average molecular weight is 176 g/mol. The molecule has 5 nitrogen and oxygen atoms in total. The molecule has 2 heterocycles. The van der Waals surface area contributed by atoms with Crippen LogP contribution in [-0.2, 0) is 11.2 Å². The van der Waals surface area contributed by atoms with E-state index >= 15 is 0 Å². The molecule has 0 aliphatic carbocycles. The Balaban J connectivity index is 2.42. The minimum Gasteiger partial charge on any atom is -0.300 e. The molecular formula is C8H8N4O. The number of nitrogens with zero attached hydrogens (tertiary/aromatic N) is 4. The number of carbonyl (C=O) groups is 1. The van der Waals surface area contributed by atoms with Crippen LogP contribution in [0.4, 0.5) is 0 Å². The van der Waals surface area contributed by atoms with Crippen molar-refractivity contribution < 1.29 is 4.79 Å². The van der Waals surface area contributed by atoms with E-state index in [2.05, 4.69) is 15.1 Å². The predicted molar refractivity (Wildman–Crippen MR) is 45.2 cm³/mol. The molecule has 0 amide bonds. The van der Waals surface area contributed by atoms with E-state index < -0.39 is 0 Å². The van der Waals surface area contributed by atoms with Gasteiger partial charge in [-0.25, -0.2) is 9.50 Å². The first kappa shape index (κ1) is 7.85. The van der Waals surface area contributed by atoms with Crippen LogP contribution in [0.3, 0.4) is 0 Å². The second-order valence-corrected chi connectivity index (χ2v) is 2.85. The van der Waals surface area contributed by atoms with Crippen LogP contribution in [0.15, 0.2) is 18.7 Å². The molecule has 0 aromatic carbocycles. The van der Waals surface area contributed by atoms with Gasteiger partial charge < -0.3 is 0 Å². The molecule has 0 saturated carbocycles. The van der Waals surface area contributed by atoms with Crippen LogP contribution in [0.2, 0.25) is 0 Å². The lowest BCUT2D eigenvalue weighted by Gasteiger charge is -1.96. The molecule has 0 N–H and O–H groups in total. The van der Waals surface area contributed by atoms with Crippen molar-refractivity contribution in [3.8, 4) is 0 Å². The normalized spacial score (nSPS) is 10.5. The number of Topliss-reactive ketones (excluding diaryl/α,β-unsaturated/α-hetero) is 1. The highest BCUT2D eigenvalue weighted by Gasteiger charge is 2.01. The number of hydrogen-bond acceptors (Lipinski definition) is 4. The van der Waals surface area contributed by atoms with Crippen molar-refractivity contribution in [2.45, 2.75) is 13.3 Å². The third-order valence-electron chi connectivity index (χ3n) is 1.64. The SMILES string of the molecule is CC(=O)Cc1cnc2ncnn2c1. The van der Waals surface area contributed by atoms with E-state index in [1.54, 1.807) is 23.8 Å². The molecule has 0 radical (unpaired) electrons. The van der Waals surface area contributed by atoms with Gasteiger partial charge in [-0.15, -0.1) is 0 Å². The molecule has 0 fully saturated rings. The maximum absolute atomic E-state index is 10.8. The molecule has 2 rings (SSSR count). The van der Waals surface area contributed by atoms with Crippen LogP contribution in [0.1, 0.15) is 12.5 Å². The summed E-state index contributed by atoms with van der Waals surface area (Å²) in [6.45, 7) is 1.55. The molecule has 2 aromatic rings. The van der Waals surface area contributed by atoms with E-state index in [1.807, 2.05) is 0 Å². The standard InChI is InChI=1S/C8H8N4O/c1-6(13)2-7-3-9-8-10-5-11-12(8)4-7/h3-5H,2H2,1H3. The maximum atomic E-state index is 10.8. The molecule has 0 saturated heterocycles. The summed E-state index contributed by atoms with van der Waals surface area (Å²) in [6, 6.07) is 0. The Hall–Kier alpha value is -1.78. The van der Waals surface area contributed by atoms with Crippen molar-refractivity contribution >= 4 is 11.6 Å². The Morgan fingerprint density at radius 2 is 2.38 bits per heavy atom. The van der Waals surface area contributed by atoms with E-state index in [0.29, 0.717) is 12.2 Å². The lowest BCUT2D eigenvalue weighted by atomic mass is 10.2. The average Bonchev–Trinajstić information content (AvgIpc) is 2.49. The quantitative estimate of drug-likeness (QED) is 0.658. The Bertz CT molecular complexity index is 448. The summed E-state index contributed by atoms with van der Waals surface area (Å²) in [5, 5.41) is 3.92. The Labute approximate surface area is 74.4 Å². The highest BCUT2D eigenvalue weighted by Crippen LogP contribution is 2.00. The van der Waals surface area contributed by atoms with Crippen molar-refractivity contribution in [1.82, 2.24) is 19.6 Å².